The second kappa shape index (κ2) is 16.0. The number of benzene rings is 7. The molecule has 3 aromatic heterocycles. The fourth-order valence-electron chi connectivity index (χ4n) is 6.52. The predicted molar refractivity (Wildman–Crippen MR) is 224 cm³/mol. The van der Waals surface area contributed by atoms with Crippen LogP contribution in [0.3, 0.4) is 0 Å². The standard InChI is InChI=1S/C19H14N2O4S.C13H10N2O2.C13H8O3/c22-19(20-21-26(23,24)14-6-2-1-3-7-14)13-10-11-18-16(12-13)15-8-4-5-9-17(15)25-18;14-15-13(16)8-5-6-12-10(7-8)9-3-1-2-4-11(9)17-12;14-13(15)8-5-6-12-10(7-8)9-3-1-2-4-11(9)16-12/h1-12,21H,(H,20,22);1-7H,14H2,(H,15,16);1-7H,(H,14,15). The Morgan fingerprint density at radius 3 is 1.27 bits per heavy atom. The highest BCUT2D eigenvalue weighted by Crippen LogP contribution is 2.31. The first-order valence-corrected chi connectivity index (χ1v) is 19.4. The van der Waals surface area contributed by atoms with Gasteiger partial charge in [-0.2, -0.15) is 0 Å². The number of carboxylic acid groups (broad SMARTS) is 1. The summed E-state index contributed by atoms with van der Waals surface area (Å²) < 4.78 is 41.3. The summed E-state index contributed by atoms with van der Waals surface area (Å²) in [7, 11) is -3.83. The molecule has 0 fully saturated rings. The number of furan rings is 3. The average molecular weight is 805 g/mol. The zero-order chi connectivity index (χ0) is 41.1. The second-order valence-corrected chi connectivity index (χ2v) is 14.8. The lowest BCUT2D eigenvalue weighted by atomic mass is 10.1. The van der Waals surface area contributed by atoms with E-state index in [4.69, 9.17) is 24.2 Å². The number of amides is 2. The van der Waals surface area contributed by atoms with Gasteiger partial charge in [0.05, 0.1) is 10.5 Å². The van der Waals surface area contributed by atoms with E-state index in [0.29, 0.717) is 22.3 Å². The third-order valence-corrected chi connectivity index (χ3v) is 10.6. The number of hydrogen-bond donors (Lipinski definition) is 5. The Kier molecular flexibility index (Phi) is 10.3. The molecule has 0 radical (unpaired) electrons. The van der Waals surface area contributed by atoms with Crippen molar-refractivity contribution in [2.75, 3.05) is 0 Å². The number of fused-ring (bicyclic) bond motifs is 9. The molecule has 0 spiro atoms. The SMILES string of the molecule is NNC(=O)c1ccc2oc3ccccc3c2c1.O=C(NNS(=O)(=O)c1ccccc1)c1ccc2oc3ccccc3c2c1.O=C(O)c1ccc2oc3ccccc3c2c1. The lowest BCUT2D eigenvalue weighted by Gasteiger charge is -2.08. The Morgan fingerprint density at radius 2 is 0.831 bits per heavy atom. The number of carboxylic acids is 1. The van der Waals surface area contributed by atoms with Crippen molar-refractivity contribution < 1.29 is 41.2 Å². The van der Waals surface area contributed by atoms with Crippen LogP contribution in [0.25, 0.3) is 65.8 Å². The van der Waals surface area contributed by atoms with Crippen molar-refractivity contribution in [2.24, 2.45) is 5.84 Å². The number of hydrazine groups is 2. The van der Waals surface area contributed by atoms with Crippen LogP contribution in [0.1, 0.15) is 31.1 Å². The van der Waals surface area contributed by atoms with Crippen LogP contribution in [-0.4, -0.2) is 31.3 Å². The maximum absolute atomic E-state index is 12.4. The van der Waals surface area contributed by atoms with Gasteiger partial charge in [-0.3, -0.25) is 20.4 Å². The van der Waals surface area contributed by atoms with E-state index in [9.17, 15) is 22.8 Å². The van der Waals surface area contributed by atoms with Crippen molar-refractivity contribution in [3.63, 3.8) is 0 Å². The van der Waals surface area contributed by atoms with Gasteiger partial charge in [0.25, 0.3) is 21.8 Å². The molecule has 0 aliphatic heterocycles. The first-order chi connectivity index (χ1) is 28.6. The summed E-state index contributed by atoms with van der Waals surface area (Å²) in [5.74, 6) is 3.32. The maximum Gasteiger partial charge on any atom is 0.335 e. The monoisotopic (exact) mass is 804 g/mol. The molecule has 0 aliphatic carbocycles. The van der Waals surface area contributed by atoms with Crippen molar-refractivity contribution >= 4 is 93.6 Å². The summed E-state index contributed by atoms with van der Waals surface area (Å²) in [5, 5.41) is 14.3. The summed E-state index contributed by atoms with van der Waals surface area (Å²) in [4.78, 5) is 36.8. The highest BCUT2D eigenvalue weighted by atomic mass is 32.2. The van der Waals surface area contributed by atoms with Gasteiger partial charge in [-0.05, 0) is 84.9 Å². The largest absolute Gasteiger partial charge is 0.478 e. The molecule has 3 heterocycles. The molecule has 14 heteroatoms. The van der Waals surface area contributed by atoms with Gasteiger partial charge in [-0.1, -0.05) is 72.8 Å². The molecule has 59 heavy (non-hydrogen) atoms. The minimum Gasteiger partial charge on any atom is -0.478 e. The number of aromatic carboxylic acids is 1. The molecule has 0 aliphatic rings. The first kappa shape index (κ1) is 38.1. The summed E-state index contributed by atoms with van der Waals surface area (Å²) >= 11 is 0. The highest BCUT2D eigenvalue weighted by molar-refractivity contribution is 7.89. The minimum atomic E-state index is -3.83. The molecule has 0 saturated heterocycles. The Hall–Kier alpha value is -7.78. The van der Waals surface area contributed by atoms with Gasteiger partial charge in [0.1, 0.15) is 33.5 Å². The predicted octanol–water partition coefficient (Wildman–Crippen LogP) is 8.68. The minimum absolute atomic E-state index is 0.0663. The maximum atomic E-state index is 12.4. The van der Waals surface area contributed by atoms with Crippen molar-refractivity contribution in [3.8, 4) is 0 Å². The van der Waals surface area contributed by atoms with Gasteiger partial charge in [-0.25, -0.2) is 19.1 Å². The molecular formula is C45H32N4O9S. The molecule has 7 aromatic carbocycles. The van der Waals surface area contributed by atoms with E-state index in [1.807, 2.05) is 72.8 Å². The number of nitrogens with one attached hydrogen (secondary N) is 3. The van der Waals surface area contributed by atoms with E-state index < -0.39 is 21.9 Å². The molecule has 0 saturated carbocycles. The number of carbonyl (C=O) groups excluding carboxylic acids is 2. The number of nitrogen functional groups attached to an aromatic ring is 1. The summed E-state index contributed by atoms with van der Waals surface area (Å²) in [6, 6.07) is 45.7. The zero-order valence-electron chi connectivity index (χ0n) is 30.7. The highest BCUT2D eigenvalue weighted by Gasteiger charge is 2.17. The Labute approximate surface area is 334 Å². The normalized spacial score (nSPS) is 11.3. The fraction of sp³-hybridized carbons (Fsp3) is 0. The second-order valence-electron chi connectivity index (χ2n) is 13.1. The molecular weight excluding hydrogens is 773 g/mol. The molecule has 0 unspecified atom stereocenters. The van der Waals surface area contributed by atoms with Crippen LogP contribution >= 0.6 is 0 Å². The molecule has 0 bridgehead atoms. The molecule has 6 N–H and O–H groups in total. The number of hydrogen-bond acceptors (Lipinski definition) is 9. The molecule has 292 valence electrons. The summed E-state index contributed by atoms with van der Waals surface area (Å²) in [6.07, 6.45) is 0. The van der Waals surface area contributed by atoms with Crippen LogP contribution in [0.5, 0.6) is 0 Å². The van der Waals surface area contributed by atoms with E-state index in [0.717, 1.165) is 54.6 Å². The number of rotatable bonds is 6. The van der Waals surface area contributed by atoms with Crippen molar-refractivity contribution in [1.82, 2.24) is 15.7 Å². The van der Waals surface area contributed by atoms with E-state index >= 15 is 0 Å². The molecule has 0 atom stereocenters. The Balaban J connectivity index is 0.000000128. The van der Waals surface area contributed by atoms with E-state index in [1.165, 1.54) is 12.1 Å². The zero-order valence-corrected chi connectivity index (χ0v) is 31.5. The van der Waals surface area contributed by atoms with E-state index in [-0.39, 0.29) is 16.4 Å². The van der Waals surface area contributed by atoms with Gasteiger partial charge in [0.2, 0.25) is 0 Å². The van der Waals surface area contributed by atoms with Crippen LogP contribution in [0, 0.1) is 0 Å². The van der Waals surface area contributed by atoms with Gasteiger partial charge in [0.15, 0.2) is 0 Å². The topological polar surface area (TPSA) is 207 Å². The summed E-state index contributed by atoms with van der Waals surface area (Å²) in [5.41, 5.74) is 9.92. The Bertz CT molecular complexity index is 3320. The lowest BCUT2D eigenvalue weighted by Crippen LogP contribution is -2.41. The fourth-order valence-corrected chi connectivity index (χ4v) is 7.38. The van der Waals surface area contributed by atoms with Gasteiger partial charge < -0.3 is 18.4 Å². The van der Waals surface area contributed by atoms with Crippen molar-refractivity contribution in [3.05, 3.63) is 174 Å². The van der Waals surface area contributed by atoms with Crippen LogP contribution < -0.4 is 21.5 Å². The average Bonchev–Trinajstić information content (AvgIpc) is 3.96. The Morgan fingerprint density at radius 1 is 0.458 bits per heavy atom. The smallest absolute Gasteiger partial charge is 0.335 e. The molecule has 10 rings (SSSR count). The quantitative estimate of drug-likeness (QED) is 0.0614. The number of nitrogens with two attached hydrogens (primary N) is 1. The van der Waals surface area contributed by atoms with Crippen LogP contribution in [0.15, 0.2) is 176 Å². The van der Waals surface area contributed by atoms with Gasteiger partial charge in [-0.15, -0.1) is 4.83 Å². The van der Waals surface area contributed by atoms with E-state index in [2.05, 4.69) is 15.7 Å². The number of para-hydroxylation sites is 3. The first-order valence-electron chi connectivity index (χ1n) is 17.9. The number of carbonyl (C=O) groups is 3. The molecule has 13 nitrogen and oxygen atoms in total. The van der Waals surface area contributed by atoms with Crippen LogP contribution in [0.4, 0.5) is 0 Å². The van der Waals surface area contributed by atoms with E-state index in [1.54, 1.807) is 72.8 Å². The van der Waals surface area contributed by atoms with Gasteiger partial charge in [0, 0.05) is 43.4 Å². The molecule has 2 amide bonds. The van der Waals surface area contributed by atoms with Crippen molar-refractivity contribution in [2.45, 2.75) is 4.90 Å². The number of sulfonamides is 1. The van der Waals surface area contributed by atoms with Crippen LogP contribution in [0.2, 0.25) is 0 Å². The van der Waals surface area contributed by atoms with Crippen molar-refractivity contribution in [1.29, 1.82) is 0 Å². The van der Waals surface area contributed by atoms with Crippen LogP contribution in [-0.2, 0) is 10.0 Å². The third kappa shape index (κ3) is 7.82. The summed E-state index contributed by atoms with van der Waals surface area (Å²) in [6.45, 7) is 0. The third-order valence-electron chi connectivity index (χ3n) is 9.38. The lowest BCUT2D eigenvalue weighted by molar-refractivity contribution is 0.0696. The van der Waals surface area contributed by atoms with Gasteiger partial charge >= 0.3 is 5.97 Å². The molecule has 10 aromatic rings.